The van der Waals surface area contributed by atoms with Crippen molar-refractivity contribution in [3.8, 4) is 0 Å². The highest BCUT2D eigenvalue weighted by Crippen LogP contribution is 2.27. The number of nitrogens with zero attached hydrogens (tertiary/aromatic N) is 2. The van der Waals surface area contributed by atoms with E-state index in [1.165, 1.54) is 12.1 Å². The molecule has 0 bridgehead atoms. The summed E-state index contributed by atoms with van der Waals surface area (Å²) in [4.78, 5) is 19.2. The number of halogens is 1. The van der Waals surface area contributed by atoms with Gasteiger partial charge in [0.15, 0.2) is 0 Å². The Labute approximate surface area is 172 Å². The minimum absolute atomic E-state index is 0. The molecule has 7 nitrogen and oxygen atoms in total. The summed E-state index contributed by atoms with van der Waals surface area (Å²) in [5.41, 5.74) is 1.11. The summed E-state index contributed by atoms with van der Waals surface area (Å²) in [5, 5.41) is 7.22. The van der Waals surface area contributed by atoms with Gasteiger partial charge in [-0.15, -0.1) is 0 Å². The molecule has 0 spiro atoms. The number of fused-ring (bicyclic) bond motifs is 1. The highest BCUT2D eigenvalue weighted by atomic mass is 19.1. The van der Waals surface area contributed by atoms with Gasteiger partial charge in [-0.1, -0.05) is 0 Å². The van der Waals surface area contributed by atoms with E-state index in [9.17, 15) is 9.18 Å². The highest BCUT2D eigenvalue weighted by Gasteiger charge is 2.26. The fourth-order valence-electron chi connectivity index (χ4n) is 4.13. The average Bonchev–Trinajstić information content (AvgIpc) is 2.73. The van der Waals surface area contributed by atoms with E-state index in [4.69, 9.17) is 4.74 Å². The van der Waals surface area contributed by atoms with Gasteiger partial charge in [0, 0.05) is 58.3 Å². The lowest BCUT2D eigenvalue weighted by Gasteiger charge is -2.36. The fourth-order valence-corrected chi connectivity index (χ4v) is 4.13. The predicted octanol–water partition coefficient (Wildman–Crippen LogP) is 2.88. The summed E-state index contributed by atoms with van der Waals surface area (Å²) < 4.78 is 19.1. The molecule has 5 N–H and O–H groups in total. The van der Waals surface area contributed by atoms with Crippen LogP contribution in [0.1, 0.15) is 37.5 Å². The Balaban J connectivity index is 0.00000160. The number of pyridine rings is 1. The van der Waals surface area contributed by atoms with Crippen LogP contribution in [0.5, 0.6) is 0 Å². The summed E-state index contributed by atoms with van der Waals surface area (Å²) in [5.74, 6) is 0.149. The van der Waals surface area contributed by atoms with E-state index < -0.39 is 0 Å². The van der Waals surface area contributed by atoms with Gasteiger partial charge in [-0.2, -0.15) is 0 Å². The first-order valence-electron chi connectivity index (χ1n) is 10.0. The number of anilines is 1. The standard InChI is InChI=1S/C21H27FN4O2.H3N.H2/c1-23-21(27)18-12-14-2-3-15(22)13-19(14)25-20(18)26-8-4-16(5-9-26)24-17-6-10-28-11-7-17;;/h2-3,12-13,16-17,24H,4-11H2,1H3,(H,23,27);1H3;1H. The van der Waals surface area contributed by atoms with Crippen LogP contribution >= 0.6 is 0 Å². The summed E-state index contributed by atoms with van der Waals surface area (Å²) in [6.07, 6.45) is 4.12. The normalized spacial score (nSPS) is 18.5. The van der Waals surface area contributed by atoms with Crippen LogP contribution in [0.4, 0.5) is 10.2 Å². The molecule has 0 saturated carbocycles. The maximum absolute atomic E-state index is 13.7. The quantitative estimate of drug-likeness (QED) is 0.723. The van der Waals surface area contributed by atoms with Gasteiger partial charge in [-0.25, -0.2) is 9.37 Å². The highest BCUT2D eigenvalue weighted by molar-refractivity contribution is 6.02. The molecule has 2 aromatic rings. The molecule has 2 fully saturated rings. The molecule has 0 aliphatic carbocycles. The zero-order chi connectivity index (χ0) is 19.5. The lowest BCUT2D eigenvalue weighted by molar-refractivity contribution is 0.0738. The van der Waals surface area contributed by atoms with Crippen LogP contribution in [0.2, 0.25) is 0 Å². The van der Waals surface area contributed by atoms with Crippen LogP contribution in [0.25, 0.3) is 10.9 Å². The number of ether oxygens (including phenoxy) is 1. The van der Waals surface area contributed by atoms with Gasteiger partial charge in [0.25, 0.3) is 5.91 Å². The smallest absolute Gasteiger partial charge is 0.254 e. The van der Waals surface area contributed by atoms with Crippen molar-refractivity contribution in [2.75, 3.05) is 38.3 Å². The van der Waals surface area contributed by atoms with E-state index in [0.29, 0.717) is 29.0 Å². The number of amides is 1. The van der Waals surface area contributed by atoms with E-state index >= 15 is 0 Å². The van der Waals surface area contributed by atoms with Gasteiger partial charge >= 0.3 is 0 Å². The molecule has 3 heterocycles. The van der Waals surface area contributed by atoms with Gasteiger partial charge in [0.05, 0.1) is 11.1 Å². The van der Waals surface area contributed by atoms with Crippen LogP contribution in [0.15, 0.2) is 24.3 Å². The Bertz CT molecular complexity index is 855. The summed E-state index contributed by atoms with van der Waals surface area (Å²) in [6, 6.07) is 7.30. The minimum Gasteiger partial charge on any atom is -0.381 e. The monoisotopic (exact) mass is 405 g/mol. The van der Waals surface area contributed by atoms with Crippen molar-refractivity contribution in [2.24, 2.45) is 0 Å². The van der Waals surface area contributed by atoms with Gasteiger partial charge in [-0.05, 0) is 43.9 Å². The fraction of sp³-hybridized carbons (Fsp3) is 0.524. The van der Waals surface area contributed by atoms with Crippen molar-refractivity contribution in [2.45, 2.75) is 37.8 Å². The number of rotatable bonds is 4. The third-order valence-corrected chi connectivity index (χ3v) is 5.72. The summed E-state index contributed by atoms with van der Waals surface area (Å²) in [7, 11) is 1.62. The molecule has 1 aromatic carbocycles. The number of hydrogen-bond acceptors (Lipinski definition) is 6. The third-order valence-electron chi connectivity index (χ3n) is 5.72. The Hall–Kier alpha value is -2.29. The molecular formula is C21H32FN5O2. The minimum atomic E-state index is -0.321. The van der Waals surface area contributed by atoms with E-state index in [2.05, 4.69) is 20.5 Å². The summed E-state index contributed by atoms with van der Waals surface area (Å²) in [6.45, 7) is 3.31. The summed E-state index contributed by atoms with van der Waals surface area (Å²) >= 11 is 0. The second kappa shape index (κ2) is 9.47. The molecule has 29 heavy (non-hydrogen) atoms. The number of piperidine rings is 1. The molecule has 160 valence electrons. The number of carbonyl (C=O) groups is 1. The third kappa shape index (κ3) is 4.83. The van der Waals surface area contributed by atoms with Crippen molar-refractivity contribution >= 4 is 22.6 Å². The van der Waals surface area contributed by atoms with Crippen molar-refractivity contribution in [3.05, 3.63) is 35.6 Å². The molecule has 0 atom stereocenters. The van der Waals surface area contributed by atoms with Gasteiger partial charge in [0.2, 0.25) is 0 Å². The van der Waals surface area contributed by atoms with E-state index in [0.717, 1.165) is 57.4 Å². The van der Waals surface area contributed by atoms with E-state index in [-0.39, 0.29) is 19.3 Å². The molecule has 0 radical (unpaired) electrons. The number of benzene rings is 1. The SMILES string of the molecule is CNC(=O)c1cc2ccc(F)cc2nc1N1CCC(NC2CCOCC2)CC1.N.[HH]. The number of hydrogen-bond donors (Lipinski definition) is 3. The molecule has 2 aliphatic rings. The maximum atomic E-state index is 13.7. The van der Waals surface area contributed by atoms with Gasteiger partial charge < -0.3 is 26.4 Å². The Morgan fingerprint density at radius 2 is 1.86 bits per heavy atom. The van der Waals surface area contributed by atoms with Crippen LogP contribution in [0, 0.1) is 5.82 Å². The van der Waals surface area contributed by atoms with Crippen molar-refractivity contribution in [1.29, 1.82) is 0 Å². The number of aromatic nitrogens is 1. The Morgan fingerprint density at radius 1 is 1.17 bits per heavy atom. The number of carbonyl (C=O) groups excluding carboxylic acids is 1. The topological polar surface area (TPSA) is 101 Å². The zero-order valence-corrected chi connectivity index (χ0v) is 16.9. The van der Waals surface area contributed by atoms with Crippen LogP contribution in [0.3, 0.4) is 0 Å². The van der Waals surface area contributed by atoms with Crippen molar-refractivity contribution in [1.82, 2.24) is 21.8 Å². The lowest BCUT2D eigenvalue weighted by Crippen LogP contribution is -2.48. The first-order valence-corrected chi connectivity index (χ1v) is 10.0. The van der Waals surface area contributed by atoms with E-state index in [1.54, 1.807) is 13.1 Å². The molecule has 8 heteroatoms. The molecule has 1 aromatic heterocycles. The van der Waals surface area contributed by atoms with Gasteiger partial charge in [-0.3, -0.25) is 4.79 Å². The molecule has 4 rings (SSSR count). The van der Waals surface area contributed by atoms with Crippen LogP contribution in [-0.2, 0) is 4.74 Å². The average molecular weight is 406 g/mol. The second-order valence-corrected chi connectivity index (χ2v) is 7.59. The Kier molecular flexibility index (Phi) is 7.00. The van der Waals surface area contributed by atoms with Crippen molar-refractivity contribution in [3.63, 3.8) is 0 Å². The van der Waals surface area contributed by atoms with Crippen LogP contribution in [-0.4, -0.2) is 56.3 Å². The van der Waals surface area contributed by atoms with E-state index in [1.807, 2.05) is 6.07 Å². The first kappa shape index (κ1) is 21.4. The molecule has 0 unspecified atom stereocenters. The number of nitrogens with one attached hydrogen (secondary N) is 2. The maximum Gasteiger partial charge on any atom is 0.254 e. The molecular weight excluding hydrogens is 373 g/mol. The zero-order valence-electron chi connectivity index (χ0n) is 16.9. The molecule has 2 aliphatic heterocycles. The van der Waals surface area contributed by atoms with Crippen molar-refractivity contribution < 1.29 is 15.3 Å². The lowest BCUT2D eigenvalue weighted by atomic mass is 10.0. The molecule has 1 amide bonds. The Morgan fingerprint density at radius 3 is 2.55 bits per heavy atom. The molecule has 2 saturated heterocycles. The predicted molar refractivity (Wildman–Crippen MR) is 114 cm³/mol. The second-order valence-electron chi connectivity index (χ2n) is 7.59. The first-order chi connectivity index (χ1) is 13.6. The van der Waals surface area contributed by atoms with Gasteiger partial charge in [0.1, 0.15) is 11.6 Å². The largest absolute Gasteiger partial charge is 0.381 e. The van der Waals surface area contributed by atoms with Crippen LogP contribution < -0.4 is 21.7 Å².